The van der Waals surface area contributed by atoms with Crippen molar-refractivity contribution in [2.75, 3.05) is 6.54 Å². The molecule has 1 saturated carbocycles. The molecule has 1 saturated heterocycles. The van der Waals surface area contributed by atoms with Gasteiger partial charge in [-0.1, -0.05) is 12.8 Å². The van der Waals surface area contributed by atoms with Crippen molar-refractivity contribution in [3.63, 3.8) is 0 Å². The Morgan fingerprint density at radius 3 is 2.67 bits per heavy atom. The van der Waals surface area contributed by atoms with Crippen LogP contribution in [0.15, 0.2) is 0 Å². The van der Waals surface area contributed by atoms with Gasteiger partial charge in [-0.25, -0.2) is 0 Å². The number of hydrogen-bond donors (Lipinski definition) is 2. The minimum Gasteiger partial charge on any atom is -0.386 e. The highest BCUT2D eigenvalue weighted by Crippen LogP contribution is 2.36. The van der Waals surface area contributed by atoms with Crippen LogP contribution in [-0.4, -0.2) is 29.4 Å². The van der Waals surface area contributed by atoms with Gasteiger partial charge in [-0.3, -0.25) is 10.3 Å². The lowest BCUT2D eigenvalue weighted by Crippen LogP contribution is -2.54. The second-order valence-corrected chi connectivity index (χ2v) is 5.12. The van der Waals surface area contributed by atoms with Crippen molar-refractivity contribution in [1.82, 2.24) is 4.90 Å². The topological polar surface area (TPSA) is 53.1 Å². The molecule has 0 amide bonds. The number of piperidine rings is 1. The number of rotatable bonds is 2. The number of hydrogen-bond acceptors (Lipinski definition) is 2. The fraction of sp³-hybridized carbons (Fsp3) is 0.917. The maximum absolute atomic E-state index is 7.58. The summed E-state index contributed by atoms with van der Waals surface area (Å²) in [6.45, 7) is 3.22. The van der Waals surface area contributed by atoms with E-state index in [1.807, 2.05) is 0 Å². The molecule has 3 atom stereocenters. The molecule has 1 heterocycles. The molecule has 0 aromatic carbocycles. The summed E-state index contributed by atoms with van der Waals surface area (Å²) < 4.78 is 0. The van der Waals surface area contributed by atoms with Crippen molar-refractivity contribution < 1.29 is 0 Å². The van der Waals surface area contributed by atoms with Crippen molar-refractivity contribution in [3.05, 3.63) is 0 Å². The average molecular weight is 209 g/mol. The number of likely N-dealkylation sites (tertiary alicyclic amines) is 1. The number of nitrogens with two attached hydrogens (primary N) is 1. The van der Waals surface area contributed by atoms with E-state index >= 15 is 0 Å². The van der Waals surface area contributed by atoms with Crippen LogP contribution < -0.4 is 5.73 Å². The van der Waals surface area contributed by atoms with Gasteiger partial charge in [0.2, 0.25) is 0 Å². The Labute approximate surface area is 92.5 Å². The predicted octanol–water partition coefficient (Wildman–Crippen LogP) is 1.97. The van der Waals surface area contributed by atoms with Crippen LogP contribution >= 0.6 is 0 Å². The molecule has 0 radical (unpaired) electrons. The summed E-state index contributed by atoms with van der Waals surface area (Å²) in [5.41, 5.74) is 5.63. The van der Waals surface area contributed by atoms with Gasteiger partial charge in [0.15, 0.2) is 0 Å². The molecule has 15 heavy (non-hydrogen) atoms. The molecule has 86 valence electrons. The van der Waals surface area contributed by atoms with Gasteiger partial charge in [0.1, 0.15) is 5.84 Å². The molecule has 1 unspecified atom stereocenters. The van der Waals surface area contributed by atoms with E-state index < -0.39 is 0 Å². The van der Waals surface area contributed by atoms with Crippen molar-refractivity contribution >= 4 is 5.84 Å². The van der Waals surface area contributed by atoms with Crippen LogP contribution in [0.25, 0.3) is 0 Å². The Morgan fingerprint density at radius 1 is 1.27 bits per heavy atom. The predicted molar refractivity (Wildman–Crippen MR) is 63.1 cm³/mol. The molecule has 1 aliphatic heterocycles. The summed E-state index contributed by atoms with van der Waals surface area (Å²) in [7, 11) is 0. The lowest BCUT2D eigenvalue weighted by molar-refractivity contribution is 0.0499. The van der Waals surface area contributed by atoms with E-state index in [-0.39, 0.29) is 6.04 Å². The smallest absolute Gasteiger partial charge is 0.108 e. The highest BCUT2D eigenvalue weighted by molar-refractivity contribution is 5.82. The van der Waals surface area contributed by atoms with Crippen LogP contribution in [0.3, 0.4) is 0 Å². The van der Waals surface area contributed by atoms with Gasteiger partial charge in [-0.15, -0.1) is 0 Å². The largest absolute Gasteiger partial charge is 0.386 e. The SMILES string of the molecule is CC(C(=N)N)N1CCC[C@H]2CCCC[C@H]21. The zero-order chi connectivity index (χ0) is 10.8. The fourth-order valence-corrected chi connectivity index (χ4v) is 3.32. The van der Waals surface area contributed by atoms with Gasteiger partial charge >= 0.3 is 0 Å². The van der Waals surface area contributed by atoms with Crippen molar-refractivity contribution in [2.45, 2.75) is 57.5 Å². The highest BCUT2D eigenvalue weighted by Gasteiger charge is 2.35. The van der Waals surface area contributed by atoms with E-state index in [1.54, 1.807) is 0 Å². The third kappa shape index (κ3) is 2.17. The van der Waals surface area contributed by atoms with Crippen LogP contribution in [0.4, 0.5) is 0 Å². The molecule has 3 nitrogen and oxygen atoms in total. The summed E-state index contributed by atoms with van der Waals surface area (Å²) in [5.74, 6) is 1.22. The standard InChI is InChI=1S/C12H23N3/c1-9(12(13)14)15-8-4-6-10-5-2-3-7-11(10)15/h9-11H,2-8H2,1H3,(H3,13,14)/t9?,10-,11-/m1/s1. The molecule has 0 bridgehead atoms. The number of nitrogens with one attached hydrogen (secondary N) is 1. The summed E-state index contributed by atoms with van der Waals surface area (Å²) in [5, 5.41) is 7.58. The van der Waals surface area contributed by atoms with Gasteiger partial charge in [0, 0.05) is 6.04 Å². The number of amidine groups is 1. The number of nitrogens with zero attached hydrogens (tertiary/aromatic N) is 1. The minimum absolute atomic E-state index is 0.149. The highest BCUT2D eigenvalue weighted by atomic mass is 15.2. The third-order valence-corrected chi connectivity index (χ3v) is 4.23. The second kappa shape index (κ2) is 4.52. The van der Waals surface area contributed by atoms with Crippen molar-refractivity contribution in [2.24, 2.45) is 11.7 Å². The lowest BCUT2D eigenvalue weighted by atomic mass is 9.78. The molecule has 0 aromatic heterocycles. The molecule has 3 N–H and O–H groups in total. The third-order valence-electron chi connectivity index (χ3n) is 4.23. The first-order valence-corrected chi connectivity index (χ1v) is 6.30. The zero-order valence-corrected chi connectivity index (χ0v) is 9.71. The molecule has 2 fully saturated rings. The van der Waals surface area contributed by atoms with Crippen LogP contribution in [-0.2, 0) is 0 Å². The van der Waals surface area contributed by atoms with Crippen LogP contribution in [0.1, 0.15) is 45.4 Å². The van der Waals surface area contributed by atoms with E-state index in [4.69, 9.17) is 11.1 Å². The lowest BCUT2D eigenvalue weighted by Gasteiger charge is -2.46. The van der Waals surface area contributed by atoms with Crippen molar-refractivity contribution in [3.8, 4) is 0 Å². The van der Waals surface area contributed by atoms with Crippen LogP contribution in [0, 0.1) is 11.3 Å². The fourth-order valence-electron chi connectivity index (χ4n) is 3.32. The van der Waals surface area contributed by atoms with Gasteiger partial charge in [0.25, 0.3) is 0 Å². The second-order valence-electron chi connectivity index (χ2n) is 5.12. The Morgan fingerprint density at radius 2 is 1.93 bits per heavy atom. The minimum atomic E-state index is 0.149. The summed E-state index contributed by atoms with van der Waals surface area (Å²) in [6, 6.07) is 0.863. The van der Waals surface area contributed by atoms with Crippen molar-refractivity contribution in [1.29, 1.82) is 5.41 Å². The molecule has 2 aliphatic rings. The van der Waals surface area contributed by atoms with E-state index in [2.05, 4.69) is 11.8 Å². The normalized spacial score (nSPS) is 34.5. The Hall–Kier alpha value is -0.570. The molecular formula is C12H23N3. The summed E-state index contributed by atoms with van der Waals surface area (Å²) >= 11 is 0. The maximum atomic E-state index is 7.58. The Kier molecular flexibility index (Phi) is 3.29. The average Bonchev–Trinajstić information content (AvgIpc) is 2.27. The molecule has 2 rings (SSSR count). The van der Waals surface area contributed by atoms with E-state index in [9.17, 15) is 0 Å². The van der Waals surface area contributed by atoms with E-state index in [0.29, 0.717) is 11.9 Å². The van der Waals surface area contributed by atoms with E-state index in [0.717, 1.165) is 12.5 Å². The zero-order valence-electron chi connectivity index (χ0n) is 9.71. The van der Waals surface area contributed by atoms with Crippen LogP contribution in [0.5, 0.6) is 0 Å². The van der Waals surface area contributed by atoms with E-state index in [1.165, 1.54) is 38.5 Å². The number of fused-ring (bicyclic) bond motifs is 1. The first-order chi connectivity index (χ1) is 7.20. The first-order valence-electron chi connectivity index (χ1n) is 6.30. The van der Waals surface area contributed by atoms with Crippen LogP contribution in [0.2, 0.25) is 0 Å². The van der Waals surface area contributed by atoms with Gasteiger partial charge in [-0.05, 0) is 45.1 Å². The van der Waals surface area contributed by atoms with Gasteiger partial charge in [0.05, 0.1) is 6.04 Å². The first kappa shape index (κ1) is 10.9. The summed E-state index contributed by atoms with van der Waals surface area (Å²) in [6.07, 6.45) is 8.17. The Bertz CT molecular complexity index is 237. The molecular weight excluding hydrogens is 186 g/mol. The molecule has 3 heteroatoms. The van der Waals surface area contributed by atoms with Gasteiger partial charge < -0.3 is 5.73 Å². The maximum Gasteiger partial charge on any atom is 0.108 e. The monoisotopic (exact) mass is 209 g/mol. The molecule has 0 aromatic rings. The Balaban J connectivity index is 2.06. The van der Waals surface area contributed by atoms with Gasteiger partial charge in [-0.2, -0.15) is 0 Å². The molecule has 1 aliphatic carbocycles. The quantitative estimate of drug-likeness (QED) is 0.539. The summed E-state index contributed by atoms with van der Waals surface area (Å²) in [4.78, 5) is 2.48. The molecule has 0 spiro atoms.